The van der Waals surface area contributed by atoms with Gasteiger partial charge in [0.15, 0.2) is 5.58 Å². The molecule has 0 aliphatic rings. The number of hydrogen-bond acceptors (Lipinski definition) is 3. The lowest BCUT2D eigenvalue weighted by molar-refractivity contribution is 0.619. The van der Waals surface area contributed by atoms with Crippen molar-refractivity contribution >= 4 is 22.8 Å². The van der Waals surface area contributed by atoms with Crippen molar-refractivity contribution < 1.29 is 4.42 Å². The van der Waals surface area contributed by atoms with Crippen LogP contribution in [0.2, 0.25) is 5.02 Å². The molecular formula is C13H9ClN2O. The minimum atomic E-state index is 0.529. The summed E-state index contributed by atoms with van der Waals surface area (Å²) < 4.78 is 5.63. The van der Waals surface area contributed by atoms with Crippen molar-refractivity contribution in [3.05, 3.63) is 47.1 Å². The topological polar surface area (TPSA) is 38.9 Å². The van der Waals surface area contributed by atoms with Gasteiger partial charge in [-0.05, 0) is 25.1 Å². The summed E-state index contributed by atoms with van der Waals surface area (Å²) in [7, 11) is 0. The molecule has 0 aliphatic heterocycles. The van der Waals surface area contributed by atoms with Crippen molar-refractivity contribution in [2.45, 2.75) is 6.92 Å². The molecule has 0 fully saturated rings. The van der Waals surface area contributed by atoms with E-state index in [1.807, 2.05) is 31.2 Å². The van der Waals surface area contributed by atoms with Crippen LogP contribution in [0.1, 0.15) is 5.56 Å². The van der Waals surface area contributed by atoms with Gasteiger partial charge in [0.05, 0.1) is 5.02 Å². The first-order valence-corrected chi connectivity index (χ1v) is 5.60. The maximum Gasteiger partial charge on any atom is 0.228 e. The summed E-state index contributed by atoms with van der Waals surface area (Å²) in [6, 6.07) is 9.64. The molecule has 3 aromatic rings. The molecule has 0 spiro atoms. The van der Waals surface area contributed by atoms with Crippen molar-refractivity contribution in [1.82, 2.24) is 9.97 Å². The third kappa shape index (κ3) is 1.78. The normalized spacial score (nSPS) is 10.9. The average molecular weight is 245 g/mol. The van der Waals surface area contributed by atoms with E-state index >= 15 is 0 Å². The number of aryl methyl sites for hydroxylation is 1. The summed E-state index contributed by atoms with van der Waals surface area (Å²) in [5.74, 6) is 0.546. The second kappa shape index (κ2) is 3.86. The Kier molecular flexibility index (Phi) is 2.34. The van der Waals surface area contributed by atoms with Gasteiger partial charge in [0.25, 0.3) is 0 Å². The molecule has 0 unspecified atom stereocenters. The number of halogens is 1. The highest BCUT2D eigenvalue weighted by molar-refractivity contribution is 6.34. The molecule has 0 radical (unpaired) electrons. The van der Waals surface area contributed by atoms with Gasteiger partial charge in [0, 0.05) is 11.8 Å². The minimum absolute atomic E-state index is 0.529. The number of nitrogens with zero attached hydrogens (tertiary/aromatic N) is 2. The first-order valence-electron chi connectivity index (χ1n) is 5.22. The highest BCUT2D eigenvalue weighted by Gasteiger charge is 2.11. The van der Waals surface area contributed by atoms with Gasteiger partial charge in [0.2, 0.25) is 11.5 Å². The van der Waals surface area contributed by atoms with Crippen LogP contribution in [-0.4, -0.2) is 9.97 Å². The van der Waals surface area contributed by atoms with E-state index < -0.39 is 0 Å². The second-order valence-corrected chi connectivity index (χ2v) is 4.24. The van der Waals surface area contributed by atoms with Crippen LogP contribution in [0.5, 0.6) is 0 Å². The van der Waals surface area contributed by atoms with E-state index in [9.17, 15) is 0 Å². The van der Waals surface area contributed by atoms with E-state index in [1.54, 1.807) is 12.3 Å². The SMILES string of the molecule is Cc1cccc(-c2nc3nccc(Cl)c3o2)c1. The fraction of sp³-hybridized carbons (Fsp3) is 0.0769. The van der Waals surface area contributed by atoms with Crippen LogP contribution in [0.25, 0.3) is 22.7 Å². The Hall–Kier alpha value is -1.87. The van der Waals surface area contributed by atoms with Crippen LogP contribution in [0, 0.1) is 6.92 Å². The Balaban J connectivity index is 2.22. The molecule has 84 valence electrons. The number of fused-ring (bicyclic) bond motifs is 1. The van der Waals surface area contributed by atoms with Gasteiger partial charge >= 0.3 is 0 Å². The summed E-state index contributed by atoms with van der Waals surface area (Å²) in [5.41, 5.74) is 3.16. The number of aromatic nitrogens is 2. The van der Waals surface area contributed by atoms with Crippen LogP contribution in [0.3, 0.4) is 0 Å². The highest BCUT2D eigenvalue weighted by atomic mass is 35.5. The molecule has 0 aliphatic carbocycles. The molecule has 1 aromatic carbocycles. The second-order valence-electron chi connectivity index (χ2n) is 3.83. The lowest BCUT2D eigenvalue weighted by Crippen LogP contribution is -1.79. The van der Waals surface area contributed by atoms with Crippen LogP contribution in [0.15, 0.2) is 40.9 Å². The van der Waals surface area contributed by atoms with Gasteiger partial charge in [-0.2, -0.15) is 4.98 Å². The molecule has 0 saturated carbocycles. The first kappa shape index (κ1) is 10.3. The summed E-state index contributed by atoms with van der Waals surface area (Å²) in [4.78, 5) is 8.44. The quantitative estimate of drug-likeness (QED) is 0.653. The largest absolute Gasteiger partial charge is 0.433 e. The van der Waals surface area contributed by atoms with Crippen molar-refractivity contribution in [2.75, 3.05) is 0 Å². The van der Waals surface area contributed by atoms with Crippen LogP contribution < -0.4 is 0 Å². The zero-order valence-corrected chi connectivity index (χ0v) is 9.90. The third-order valence-electron chi connectivity index (χ3n) is 2.51. The maximum absolute atomic E-state index is 6.02. The third-order valence-corrected chi connectivity index (χ3v) is 2.81. The van der Waals surface area contributed by atoms with E-state index in [4.69, 9.17) is 16.0 Å². The van der Waals surface area contributed by atoms with Gasteiger partial charge in [0.1, 0.15) is 0 Å². The van der Waals surface area contributed by atoms with E-state index in [2.05, 4.69) is 9.97 Å². The number of hydrogen-bond donors (Lipinski definition) is 0. The Morgan fingerprint density at radius 1 is 1.24 bits per heavy atom. The molecule has 0 bridgehead atoms. The fourth-order valence-corrected chi connectivity index (χ4v) is 1.89. The molecule has 0 saturated heterocycles. The Morgan fingerprint density at radius 3 is 2.88 bits per heavy atom. The molecular weight excluding hydrogens is 236 g/mol. The Morgan fingerprint density at radius 2 is 2.12 bits per heavy atom. The van der Waals surface area contributed by atoms with Crippen LogP contribution in [-0.2, 0) is 0 Å². The number of benzene rings is 1. The fourth-order valence-electron chi connectivity index (χ4n) is 1.71. The predicted molar refractivity (Wildman–Crippen MR) is 67.0 cm³/mol. The van der Waals surface area contributed by atoms with Gasteiger partial charge in [-0.25, -0.2) is 4.98 Å². The van der Waals surface area contributed by atoms with Gasteiger partial charge in [-0.15, -0.1) is 0 Å². The molecule has 4 heteroatoms. The molecule has 0 atom stereocenters. The Labute approximate surface area is 103 Å². The number of pyridine rings is 1. The van der Waals surface area contributed by atoms with E-state index in [-0.39, 0.29) is 0 Å². The summed E-state index contributed by atoms with van der Waals surface area (Å²) >= 11 is 6.02. The monoisotopic (exact) mass is 244 g/mol. The van der Waals surface area contributed by atoms with E-state index in [0.717, 1.165) is 11.1 Å². The average Bonchev–Trinajstić information content (AvgIpc) is 2.74. The first-order chi connectivity index (χ1) is 8.24. The summed E-state index contributed by atoms with van der Waals surface area (Å²) in [6.45, 7) is 2.03. The van der Waals surface area contributed by atoms with Crippen molar-refractivity contribution in [3.63, 3.8) is 0 Å². The zero-order valence-electron chi connectivity index (χ0n) is 9.14. The minimum Gasteiger partial charge on any atom is -0.433 e. The van der Waals surface area contributed by atoms with Gasteiger partial charge < -0.3 is 4.42 Å². The molecule has 2 heterocycles. The highest BCUT2D eigenvalue weighted by Crippen LogP contribution is 2.27. The van der Waals surface area contributed by atoms with Crippen molar-refractivity contribution in [3.8, 4) is 11.5 Å². The molecule has 3 nitrogen and oxygen atoms in total. The number of oxazole rings is 1. The van der Waals surface area contributed by atoms with Gasteiger partial charge in [-0.1, -0.05) is 29.3 Å². The molecule has 17 heavy (non-hydrogen) atoms. The lowest BCUT2D eigenvalue weighted by Gasteiger charge is -1.95. The number of rotatable bonds is 1. The van der Waals surface area contributed by atoms with Crippen molar-refractivity contribution in [1.29, 1.82) is 0 Å². The molecule has 0 N–H and O–H groups in total. The standard InChI is InChI=1S/C13H9ClN2O/c1-8-3-2-4-9(7-8)13-16-12-11(17-13)10(14)5-6-15-12/h2-7H,1H3. The van der Waals surface area contributed by atoms with E-state index in [1.165, 1.54) is 0 Å². The van der Waals surface area contributed by atoms with E-state index in [0.29, 0.717) is 22.1 Å². The van der Waals surface area contributed by atoms with Crippen LogP contribution in [0.4, 0.5) is 0 Å². The summed E-state index contributed by atoms with van der Waals surface area (Å²) in [6.07, 6.45) is 1.62. The zero-order chi connectivity index (χ0) is 11.8. The lowest BCUT2D eigenvalue weighted by atomic mass is 10.1. The molecule has 3 rings (SSSR count). The Bertz CT molecular complexity index is 691. The molecule has 0 amide bonds. The maximum atomic E-state index is 6.02. The predicted octanol–water partition coefficient (Wildman–Crippen LogP) is 3.85. The van der Waals surface area contributed by atoms with Gasteiger partial charge in [-0.3, -0.25) is 0 Å². The smallest absolute Gasteiger partial charge is 0.228 e. The van der Waals surface area contributed by atoms with Crippen molar-refractivity contribution in [2.24, 2.45) is 0 Å². The van der Waals surface area contributed by atoms with Crippen LogP contribution >= 0.6 is 11.6 Å². The summed E-state index contributed by atoms with van der Waals surface area (Å²) in [5, 5.41) is 0.529. The molecule has 2 aromatic heterocycles.